The third-order valence-corrected chi connectivity index (χ3v) is 4.26. The standard InChI is InChI=1S/C17H19N5O3/c23-17(19-14-4-3-5-15(12-14)22(24)25)13-20-8-10-21(11-9-20)16-6-1-2-7-18-16/h1-7,12H,8-11,13H2,(H,19,23)/p+2. The molecule has 0 bridgehead atoms. The number of hydrogen-bond acceptors (Lipinski definition) is 4. The van der Waals surface area contributed by atoms with Gasteiger partial charge in [0, 0.05) is 23.9 Å². The molecular weight excluding hydrogens is 322 g/mol. The molecule has 2 heterocycles. The number of non-ortho nitro benzene ring substituents is 1. The van der Waals surface area contributed by atoms with Gasteiger partial charge < -0.3 is 10.2 Å². The molecular formula is C17H21N5O3+2. The fourth-order valence-corrected chi connectivity index (χ4v) is 2.95. The fraction of sp³-hybridized carbons (Fsp3) is 0.294. The van der Waals surface area contributed by atoms with Crippen molar-refractivity contribution in [3.8, 4) is 0 Å². The number of hydrogen-bond donors (Lipinski definition) is 2. The monoisotopic (exact) mass is 343 g/mol. The van der Waals surface area contributed by atoms with Crippen molar-refractivity contribution in [3.63, 3.8) is 0 Å². The van der Waals surface area contributed by atoms with Gasteiger partial charge in [-0.1, -0.05) is 12.1 Å². The Balaban J connectivity index is 1.49. The molecule has 0 spiro atoms. The van der Waals surface area contributed by atoms with Crippen LogP contribution in [0.15, 0.2) is 48.7 Å². The quantitative estimate of drug-likeness (QED) is 0.578. The maximum Gasteiger partial charge on any atom is 0.279 e. The van der Waals surface area contributed by atoms with Crippen molar-refractivity contribution < 1.29 is 19.6 Å². The molecule has 130 valence electrons. The Morgan fingerprint density at radius 2 is 2.04 bits per heavy atom. The zero-order valence-electron chi connectivity index (χ0n) is 13.8. The predicted octanol–water partition coefficient (Wildman–Crippen LogP) is -0.247. The van der Waals surface area contributed by atoms with Crippen LogP contribution in [0, 0.1) is 10.1 Å². The highest BCUT2D eigenvalue weighted by Gasteiger charge is 2.27. The molecule has 3 rings (SSSR count). The van der Waals surface area contributed by atoms with E-state index in [-0.39, 0.29) is 11.6 Å². The number of benzene rings is 1. The van der Waals surface area contributed by atoms with E-state index in [4.69, 9.17) is 0 Å². The summed E-state index contributed by atoms with van der Waals surface area (Å²) in [5.41, 5.74) is 0.425. The summed E-state index contributed by atoms with van der Waals surface area (Å²) in [6, 6.07) is 12.0. The van der Waals surface area contributed by atoms with Gasteiger partial charge in [-0.3, -0.25) is 19.8 Å². The number of nitrogens with one attached hydrogen (secondary N) is 3. The number of carbonyl (C=O) groups excluding carboxylic acids is 1. The highest BCUT2D eigenvalue weighted by molar-refractivity contribution is 5.91. The number of amides is 1. The third kappa shape index (κ3) is 4.51. The summed E-state index contributed by atoms with van der Waals surface area (Å²) in [6.07, 6.45) is 1.90. The van der Waals surface area contributed by atoms with Gasteiger partial charge in [0.2, 0.25) is 0 Å². The first-order valence-corrected chi connectivity index (χ1v) is 8.21. The Bertz CT molecular complexity index is 745. The van der Waals surface area contributed by atoms with E-state index in [0.717, 1.165) is 32.0 Å². The molecule has 1 saturated heterocycles. The van der Waals surface area contributed by atoms with Gasteiger partial charge in [0.05, 0.1) is 11.1 Å². The summed E-state index contributed by atoms with van der Waals surface area (Å²) >= 11 is 0. The molecule has 0 unspecified atom stereocenters. The second kappa shape index (κ2) is 7.71. The molecule has 0 atom stereocenters. The van der Waals surface area contributed by atoms with Crippen LogP contribution in [-0.4, -0.2) is 43.6 Å². The first-order valence-electron chi connectivity index (χ1n) is 8.21. The minimum Gasteiger partial charge on any atom is -0.321 e. The Morgan fingerprint density at radius 1 is 1.24 bits per heavy atom. The molecule has 1 aliphatic heterocycles. The Morgan fingerprint density at radius 3 is 2.72 bits per heavy atom. The van der Waals surface area contributed by atoms with Gasteiger partial charge in [-0.15, -0.1) is 0 Å². The summed E-state index contributed by atoms with van der Waals surface area (Å²) in [5.74, 6) is 0.956. The van der Waals surface area contributed by atoms with Gasteiger partial charge in [0.25, 0.3) is 17.4 Å². The molecule has 25 heavy (non-hydrogen) atoms. The highest BCUT2D eigenvalue weighted by atomic mass is 16.6. The van der Waals surface area contributed by atoms with Crippen LogP contribution in [-0.2, 0) is 4.79 Å². The van der Waals surface area contributed by atoms with Gasteiger partial charge in [0.15, 0.2) is 6.54 Å². The number of carbonyl (C=O) groups is 1. The normalized spacial score (nSPS) is 15.0. The number of piperazine rings is 1. The van der Waals surface area contributed by atoms with Crippen LogP contribution in [0.3, 0.4) is 0 Å². The summed E-state index contributed by atoms with van der Waals surface area (Å²) in [4.78, 5) is 29.2. The zero-order valence-corrected chi connectivity index (χ0v) is 13.8. The van der Waals surface area contributed by atoms with Crippen LogP contribution in [0.25, 0.3) is 0 Å². The number of H-pyrrole nitrogens is 1. The van der Waals surface area contributed by atoms with Crippen molar-refractivity contribution in [1.82, 2.24) is 0 Å². The van der Waals surface area contributed by atoms with Crippen molar-refractivity contribution in [2.45, 2.75) is 0 Å². The number of aromatic nitrogens is 1. The SMILES string of the molecule is O=C(C[NH+]1CCN(c2cccc[nH+]2)CC1)Nc1cccc([N+](=O)[O-])c1. The second-order valence-corrected chi connectivity index (χ2v) is 6.02. The average Bonchev–Trinajstić information content (AvgIpc) is 2.63. The number of nitro groups is 1. The van der Waals surface area contributed by atoms with Crippen LogP contribution >= 0.6 is 0 Å². The van der Waals surface area contributed by atoms with E-state index in [1.807, 2.05) is 24.4 Å². The number of aromatic amines is 1. The molecule has 8 heteroatoms. The fourth-order valence-electron chi connectivity index (χ4n) is 2.95. The topological polar surface area (TPSA) is 94.1 Å². The van der Waals surface area contributed by atoms with E-state index in [1.54, 1.807) is 12.1 Å². The molecule has 0 radical (unpaired) electrons. The molecule has 0 aliphatic carbocycles. The molecule has 3 N–H and O–H groups in total. The van der Waals surface area contributed by atoms with Crippen LogP contribution in [0.5, 0.6) is 0 Å². The lowest BCUT2D eigenvalue weighted by atomic mass is 10.2. The lowest BCUT2D eigenvalue weighted by Gasteiger charge is -2.27. The number of pyridine rings is 1. The van der Waals surface area contributed by atoms with Crippen LogP contribution in [0.4, 0.5) is 17.2 Å². The van der Waals surface area contributed by atoms with E-state index in [0.29, 0.717) is 12.2 Å². The molecule has 1 amide bonds. The van der Waals surface area contributed by atoms with E-state index < -0.39 is 4.92 Å². The number of nitrogens with zero attached hydrogens (tertiary/aromatic N) is 2. The van der Waals surface area contributed by atoms with Crippen molar-refractivity contribution in [1.29, 1.82) is 0 Å². The van der Waals surface area contributed by atoms with E-state index in [1.165, 1.54) is 17.0 Å². The minimum atomic E-state index is -0.472. The lowest BCUT2D eigenvalue weighted by molar-refractivity contribution is -0.892. The summed E-state index contributed by atoms with van der Waals surface area (Å²) < 4.78 is 0. The van der Waals surface area contributed by atoms with Crippen LogP contribution < -0.4 is 20.1 Å². The van der Waals surface area contributed by atoms with Gasteiger partial charge in [0.1, 0.15) is 26.2 Å². The number of nitro benzene ring substituents is 1. The molecule has 1 aromatic heterocycles. The predicted molar refractivity (Wildman–Crippen MR) is 92.5 cm³/mol. The maximum absolute atomic E-state index is 12.2. The second-order valence-electron chi connectivity index (χ2n) is 6.02. The first-order chi connectivity index (χ1) is 12.1. The Hall–Kier alpha value is -3.00. The largest absolute Gasteiger partial charge is 0.321 e. The molecule has 1 aliphatic rings. The first kappa shape index (κ1) is 16.8. The van der Waals surface area contributed by atoms with Crippen molar-refractivity contribution in [3.05, 3.63) is 58.8 Å². The van der Waals surface area contributed by atoms with Gasteiger partial charge in [-0.05, 0) is 12.1 Å². The maximum atomic E-state index is 12.2. The summed E-state index contributed by atoms with van der Waals surface area (Å²) in [7, 11) is 0. The van der Waals surface area contributed by atoms with E-state index >= 15 is 0 Å². The molecule has 2 aromatic rings. The third-order valence-electron chi connectivity index (χ3n) is 4.26. The molecule has 1 aromatic carbocycles. The Labute approximate surface area is 145 Å². The highest BCUT2D eigenvalue weighted by Crippen LogP contribution is 2.16. The van der Waals surface area contributed by atoms with Gasteiger partial charge in [-0.2, -0.15) is 0 Å². The summed E-state index contributed by atoms with van der Waals surface area (Å²) in [6.45, 7) is 3.84. The summed E-state index contributed by atoms with van der Waals surface area (Å²) in [5, 5.41) is 13.5. The Kier molecular flexibility index (Phi) is 5.20. The number of quaternary nitrogens is 1. The molecule has 8 nitrogen and oxygen atoms in total. The van der Waals surface area contributed by atoms with E-state index in [9.17, 15) is 14.9 Å². The smallest absolute Gasteiger partial charge is 0.279 e. The number of rotatable bonds is 5. The zero-order chi connectivity index (χ0) is 17.6. The van der Waals surface area contributed by atoms with Crippen molar-refractivity contribution in [2.75, 3.05) is 42.9 Å². The van der Waals surface area contributed by atoms with Crippen molar-refractivity contribution in [2.24, 2.45) is 0 Å². The van der Waals surface area contributed by atoms with Crippen LogP contribution in [0.2, 0.25) is 0 Å². The molecule has 0 saturated carbocycles. The van der Waals surface area contributed by atoms with Crippen molar-refractivity contribution >= 4 is 23.1 Å². The van der Waals surface area contributed by atoms with Gasteiger partial charge in [-0.25, -0.2) is 4.98 Å². The average molecular weight is 343 g/mol. The minimum absolute atomic E-state index is 0.0297. The van der Waals surface area contributed by atoms with E-state index in [2.05, 4.69) is 15.2 Å². The van der Waals surface area contributed by atoms with Gasteiger partial charge >= 0.3 is 0 Å². The lowest BCUT2D eigenvalue weighted by Crippen LogP contribution is -3.15. The molecule has 1 fully saturated rings. The number of anilines is 2. The van der Waals surface area contributed by atoms with Crippen LogP contribution in [0.1, 0.15) is 0 Å².